The zero-order valence-corrected chi connectivity index (χ0v) is 12.3. The molecule has 1 aromatic heterocycles. The Balaban J connectivity index is 2.09. The van der Waals surface area contributed by atoms with Gasteiger partial charge in [0.1, 0.15) is 18.7 Å². The molecule has 1 aromatic carbocycles. The first-order valence-corrected chi connectivity index (χ1v) is 6.69. The van der Waals surface area contributed by atoms with E-state index in [9.17, 15) is 9.59 Å². The van der Waals surface area contributed by atoms with Crippen molar-refractivity contribution in [3.05, 3.63) is 47.4 Å². The summed E-state index contributed by atoms with van der Waals surface area (Å²) in [6.45, 7) is 2.41. The number of aldehydes is 1. The van der Waals surface area contributed by atoms with Crippen molar-refractivity contribution in [2.24, 2.45) is 0 Å². The Morgan fingerprint density at radius 2 is 2.00 bits per heavy atom. The van der Waals surface area contributed by atoms with Crippen molar-refractivity contribution in [1.82, 2.24) is 0 Å². The molecular formula is C16H16O6. The van der Waals surface area contributed by atoms with Gasteiger partial charge in [-0.2, -0.15) is 0 Å². The first-order valence-electron chi connectivity index (χ1n) is 6.69. The van der Waals surface area contributed by atoms with Crippen LogP contribution in [0.2, 0.25) is 0 Å². The van der Waals surface area contributed by atoms with Crippen LogP contribution in [-0.4, -0.2) is 26.0 Å². The lowest BCUT2D eigenvalue weighted by Gasteiger charge is -2.11. The fourth-order valence-corrected chi connectivity index (χ4v) is 1.80. The summed E-state index contributed by atoms with van der Waals surface area (Å²) in [5.41, 5.74) is 0.502. The maximum atomic E-state index is 11.3. The summed E-state index contributed by atoms with van der Waals surface area (Å²) in [4.78, 5) is 22.1. The molecule has 1 heterocycles. The fraction of sp³-hybridized carbons (Fsp3) is 0.250. The molecule has 0 unspecified atom stereocenters. The first kappa shape index (κ1) is 15.6. The summed E-state index contributed by atoms with van der Waals surface area (Å²) in [6.07, 6.45) is 0.738. The molecule has 2 aromatic rings. The molecule has 22 heavy (non-hydrogen) atoms. The lowest BCUT2D eigenvalue weighted by molar-refractivity contribution is 0.0560. The van der Waals surface area contributed by atoms with E-state index in [0.29, 0.717) is 29.4 Å². The third-order valence-corrected chi connectivity index (χ3v) is 2.82. The van der Waals surface area contributed by atoms with Crippen LogP contribution in [-0.2, 0) is 11.3 Å². The second kappa shape index (κ2) is 7.31. The van der Waals surface area contributed by atoms with Crippen molar-refractivity contribution >= 4 is 12.3 Å². The van der Waals surface area contributed by atoms with E-state index in [2.05, 4.69) is 4.74 Å². The molecule has 0 N–H and O–H groups in total. The Labute approximate surface area is 127 Å². The lowest BCUT2D eigenvalue weighted by Crippen LogP contribution is -2.00. The molecule has 0 atom stereocenters. The number of furan rings is 1. The standard InChI is InChI=1S/C16H16O6/c1-3-20-15-8-11(9-17)4-6-13(15)21-10-12-5-7-14(22-12)16(18)19-2/h4-9H,3,10H2,1-2H3. The molecule has 0 aliphatic carbocycles. The van der Waals surface area contributed by atoms with Gasteiger partial charge in [-0.05, 0) is 37.3 Å². The number of rotatable bonds is 7. The summed E-state index contributed by atoms with van der Waals surface area (Å²) >= 11 is 0. The lowest BCUT2D eigenvalue weighted by atomic mass is 10.2. The van der Waals surface area contributed by atoms with Gasteiger partial charge in [-0.25, -0.2) is 4.79 Å². The summed E-state index contributed by atoms with van der Waals surface area (Å²) < 4.78 is 20.9. The number of hydrogen-bond acceptors (Lipinski definition) is 6. The second-order valence-corrected chi connectivity index (χ2v) is 4.30. The van der Waals surface area contributed by atoms with Gasteiger partial charge in [0.25, 0.3) is 0 Å². The molecule has 0 spiro atoms. The van der Waals surface area contributed by atoms with E-state index < -0.39 is 5.97 Å². The summed E-state index contributed by atoms with van der Waals surface area (Å²) in [5.74, 6) is 1.01. The number of hydrogen-bond donors (Lipinski definition) is 0. The SMILES string of the molecule is CCOc1cc(C=O)ccc1OCc1ccc(C(=O)OC)o1. The highest BCUT2D eigenvalue weighted by molar-refractivity contribution is 5.86. The van der Waals surface area contributed by atoms with E-state index >= 15 is 0 Å². The first-order chi connectivity index (χ1) is 10.7. The minimum atomic E-state index is -0.545. The molecule has 6 heteroatoms. The topological polar surface area (TPSA) is 75.0 Å². The predicted octanol–water partition coefficient (Wildman–Crippen LogP) is 2.86. The van der Waals surface area contributed by atoms with Crippen LogP contribution in [0.15, 0.2) is 34.7 Å². The van der Waals surface area contributed by atoms with E-state index in [1.807, 2.05) is 6.92 Å². The molecule has 0 aliphatic rings. The Kier molecular flexibility index (Phi) is 5.19. The zero-order valence-electron chi connectivity index (χ0n) is 12.3. The highest BCUT2D eigenvalue weighted by Gasteiger charge is 2.12. The minimum Gasteiger partial charge on any atom is -0.490 e. The van der Waals surface area contributed by atoms with Gasteiger partial charge < -0.3 is 18.6 Å². The van der Waals surface area contributed by atoms with Crippen molar-refractivity contribution in [2.75, 3.05) is 13.7 Å². The third kappa shape index (κ3) is 3.66. The van der Waals surface area contributed by atoms with E-state index in [-0.39, 0.29) is 12.4 Å². The number of carbonyl (C=O) groups is 2. The largest absolute Gasteiger partial charge is 0.490 e. The highest BCUT2D eigenvalue weighted by atomic mass is 16.5. The van der Waals surface area contributed by atoms with Crippen LogP contribution in [0.3, 0.4) is 0 Å². The number of esters is 1. The molecule has 0 aliphatic heterocycles. The van der Waals surface area contributed by atoms with Crippen molar-refractivity contribution in [3.63, 3.8) is 0 Å². The summed E-state index contributed by atoms with van der Waals surface area (Å²) in [5, 5.41) is 0. The van der Waals surface area contributed by atoms with Crippen LogP contribution in [0.4, 0.5) is 0 Å². The molecule has 6 nitrogen and oxygen atoms in total. The fourth-order valence-electron chi connectivity index (χ4n) is 1.80. The van der Waals surface area contributed by atoms with E-state index in [1.54, 1.807) is 24.3 Å². The molecule has 2 rings (SSSR count). The van der Waals surface area contributed by atoms with Gasteiger partial charge >= 0.3 is 5.97 Å². The van der Waals surface area contributed by atoms with Gasteiger partial charge in [0.05, 0.1) is 13.7 Å². The average Bonchev–Trinajstić information content (AvgIpc) is 3.02. The molecule has 0 amide bonds. The quantitative estimate of drug-likeness (QED) is 0.578. The Morgan fingerprint density at radius 1 is 1.18 bits per heavy atom. The van der Waals surface area contributed by atoms with Crippen molar-refractivity contribution in [2.45, 2.75) is 13.5 Å². The smallest absolute Gasteiger partial charge is 0.373 e. The van der Waals surface area contributed by atoms with Gasteiger partial charge in [-0.3, -0.25) is 4.79 Å². The monoisotopic (exact) mass is 304 g/mol. The molecule has 116 valence electrons. The normalized spacial score (nSPS) is 10.1. The van der Waals surface area contributed by atoms with Gasteiger partial charge in [-0.15, -0.1) is 0 Å². The van der Waals surface area contributed by atoms with Crippen LogP contribution >= 0.6 is 0 Å². The van der Waals surface area contributed by atoms with Gasteiger partial charge in [-0.1, -0.05) is 0 Å². The van der Waals surface area contributed by atoms with Gasteiger partial charge in [0.2, 0.25) is 5.76 Å². The second-order valence-electron chi connectivity index (χ2n) is 4.30. The number of methoxy groups -OCH3 is 1. The van der Waals surface area contributed by atoms with Crippen molar-refractivity contribution < 1.29 is 28.2 Å². The van der Waals surface area contributed by atoms with E-state index in [1.165, 1.54) is 13.2 Å². The van der Waals surface area contributed by atoms with Gasteiger partial charge in [0, 0.05) is 5.56 Å². The summed E-state index contributed by atoms with van der Waals surface area (Å²) in [6, 6.07) is 8.04. The Morgan fingerprint density at radius 3 is 2.68 bits per heavy atom. The maximum Gasteiger partial charge on any atom is 0.373 e. The maximum absolute atomic E-state index is 11.3. The molecule has 0 bridgehead atoms. The van der Waals surface area contributed by atoms with Crippen molar-refractivity contribution in [3.8, 4) is 11.5 Å². The van der Waals surface area contributed by atoms with Crippen LogP contribution in [0.5, 0.6) is 11.5 Å². The van der Waals surface area contributed by atoms with Crippen LogP contribution in [0.1, 0.15) is 33.6 Å². The van der Waals surface area contributed by atoms with Crippen LogP contribution < -0.4 is 9.47 Å². The van der Waals surface area contributed by atoms with Crippen LogP contribution in [0.25, 0.3) is 0 Å². The van der Waals surface area contributed by atoms with Crippen molar-refractivity contribution in [1.29, 1.82) is 0 Å². The highest BCUT2D eigenvalue weighted by Crippen LogP contribution is 2.29. The summed E-state index contributed by atoms with van der Waals surface area (Å²) in [7, 11) is 1.28. The third-order valence-electron chi connectivity index (χ3n) is 2.82. The minimum absolute atomic E-state index is 0.113. The Bertz CT molecular complexity index is 658. The zero-order chi connectivity index (χ0) is 15.9. The molecule has 0 fully saturated rings. The average molecular weight is 304 g/mol. The number of benzene rings is 1. The van der Waals surface area contributed by atoms with E-state index in [4.69, 9.17) is 13.9 Å². The van der Waals surface area contributed by atoms with Crippen LogP contribution in [0, 0.1) is 0 Å². The molecular weight excluding hydrogens is 288 g/mol. The van der Waals surface area contributed by atoms with Gasteiger partial charge in [0.15, 0.2) is 11.5 Å². The van der Waals surface area contributed by atoms with E-state index in [0.717, 1.165) is 6.29 Å². The number of carbonyl (C=O) groups excluding carboxylic acids is 2. The number of ether oxygens (including phenoxy) is 3. The molecule has 0 radical (unpaired) electrons. The Hall–Kier alpha value is -2.76. The predicted molar refractivity (Wildman–Crippen MR) is 77.4 cm³/mol. The molecule has 0 saturated carbocycles. The molecule has 0 saturated heterocycles.